The minimum Gasteiger partial charge on any atom is -0.497 e. The molecule has 0 fully saturated rings. The number of benzene rings is 3. The van der Waals surface area contributed by atoms with Gasteiger partial charge in [-0.15, -0.1) is 0 Å². The van der Waals surface area contributed by atoms with Gasteiger partial charge in [0.25, 0.3) is 5.91 Å². The molecule has 0 aliphatic carbocycles. The van der Waals surface area contributed by atoms with E-state index >= 15 is 0 Å². The Morgan fingerprint density at radius 2 is 1.43 bits per heavy atom. The van der Waals surface area contributed by atoms with Crippen LogP contribution in [-0.4, -0.2) is 25.5 Å². The average molecular weight is 404 g/mol. The molecule has 3 rings (SSSR count). The summed E-state index contributed by atoms with van der Waals surface area (Å²) in [5.41, 5.74) is 2.58. The normalized spacial score (nSPS) is 11.3. The van der Waals surface area contributed by atoms with Crippen LogP contribution >= 0.6 is 0 Å². The molecule has 1 unspecified atom stereocenters. The lowest BCUT2D eigenvalue weighted by Gasteiger charge is -2.20. The maximum Gasteiger partial charge on any atom is 0.258 e. The van der Waals surface area contributed by atoms with Crippen molar-refractivity contribution in [2.75, 3.05) is 19.0 Å². The van der Waals surface area contributed by atoms with Crippen molar-refractivity contribution in [2.45, 2.75) is 13.0 Å². The fourth-order valence-electron chi connectivity index (χ4n) is 2.99. The summed E-state index contributed by atoms with van der Waals surface area (Å²) >= 11 is 0. The molecule has 3 aromatic rings. The molecule has 0 radical (unpaired) electrons. The summed E-state index contributed by atoms with van der Waals surface area (Å²) in [6.45, 7) is 1.32. The van der Waals surface area contributed by atoms with Crippen LogP contribution in [0.25, 0.3) is 0 Å². The van der Waals surface area contributed by atoms with Gasteiger partial charge in [0.1, 0.15) is 11.5 Å². The Bertz CT molecular complexity index is 970. The molecule has 1 atom stereocenters. The van der Waals surface area contributed by atoms with Crippen molar-refractivity contribution in [2.24, 2.45) is 0 Å². The molecule has 0 bridgehead atoms. The number of nitrogens with one attached hydrogen (secondary N) is 2. The second-order valence-electron chi connectivity index (χ2n) is 6.68. The van der Waals surface area contributed by atoms with Crippen molar-refractivity contribution >= 4 is 17.5 Å². The molecule has 3 aromatic carbocycles. The van der Waals surface area contributed by atoms with E-state index in [2.05, 4.69) is 10.6 Å². The Kier molecular flexibility index (Phi) is 7.05. The molecule has 0 aliphatic heterocycles. The highest BCUT2D eigenvalue weighted by Gasteiger charge is 2.17. The van der Waals surface area contributed by atoms with Gasteiger partial charge in [-0.25, -0.2) is 0 Å². The van der Waals surface area contributed by atoms with E-state index in [9.17, 15) is 9.59 Å². The van der Waals surface area contributed by atoms with Crippen LogP contribution in [0.3, 0.4) is 0 Å². The van der Waals surface area contributed by atoms with Gasteiger partial charge in [0, 0.05) is 12.6 Å². The van der Waals surface area contributed by atoms with Crippen LogP contribution in [0, 0.1) is 0 Å². The molecule has 6 nitrogen and oxygen atoms in total. The predicted octanol–water partition coefficient (Wildman–Crippen LogP) is 3.94. The van der Waals surface area contributed by atoms with Crippen LogP contribution in [0.4, 0.5) is 5.69 Å². The third kappa shape index (κ3) is 5.85. The van der Waals surface area contributed by atoms with Crippen LogP contribution in [0.1, 0.15) is 24.1 Å². The van der Waals surface area contributed by atoms with Crippen molar-refractivity contribution in [1.82, 2.24) is 5.32 Å². The molecule has 0 saturated carbocycles. The maximum atomic E-state index is 12.6. The molecule has 0 aliphatic rings. The van der Waals surface area contributed by atoms with Gasteiger partial charge in [-0.2, -0.15) is 0 Å². The Hall–Kier alpha value is -3.80. The highest BCUT2D eigenvalue weighted by molar-refractivity contribution is 5.88. The number of rotatable bonds is 8. The second kappa shape index (κ2) is 10.1. The van der Waals surface area contributed by atoms with Gasteiger partial charge in [-0.3, -0.25) is 9.59 Å². The lowest BCUT2D eigenvalue weighted by Crippen LogP contribution is -2.33. The van der Waals surface area contributed by atoms with E-state index in [0.717, 1.165) is 16.9 Å². The van der Waals surface area contributed by atoms with Gasteiger partial charge in [-0.1, -0.05) is 42.5 Å². The van der Waals surface area contributed by atoms with Gasteiger partial charge in [-0.05, 0) is 47.5 Å². The number of amides is 2. The first kappa shape index (κ1) is 20.9. The monoisotopic (exact) mass is 404 g/mol. The molecule has 0 aromatic heterocycles. The Balaban J connectivity index is 1.66. The average Bonchev–Trinajstić information content (AvgIpc) is 2.77. The van der Waals surface area contributed by atoms with Crippen LogP contribution in [0.5, 0.6) is 11.5 Å². The highest BCUT2D eigenvalue weighted by atomic mass is 16.5. The number of ether oxygens (including phenoxy) is 2. The quantitative estimate of drug-likeness (QED) is 0.596. The van der Waals surface area contributed by atoms with E-state index in [1.54, 1.807) is 31.4 Å². The number of hydrogen-bond acceptors (Lipinski definition) is 4. The molecular formula is C24H24N2O4. The van der Waals surface area contributed by atoms with Crippen LogP contribution < -0.4 is 20.1 Å². The molecule has 6 heteroatoms. The molecule has 0 spiro atoms. The first-order valence-corrected chi connectivity index (χ1v) is 9.54. The molecule has 0 saturated heterocycles. The zero-order valence-corrected chi connectivity index (χ0v) is 16.9. The third-order valence-corrected chi connectivity index (χ3v) is 4.43. The lowest BCUT2D eigenvalue weighted by atomic mass is 9.98. The van der Waals surface area contributed by atoms with Crippen molar-refractivity contribution in [3.63, 3.8) is 0 Å². The predicted molar refractivity (Wildman–Crippen MR) is 116 cm³/mol. The summed E-state index contributed by atoms with van der Waals surface area (Å²) in [4.78, 5) is 23.7. The zero-order valence-electron chi connectivity index (χ0n) is 16.9. The minimum atomic E-state index is -0.310. The highest BCUT2D eigenvalue weighted by Crippen LogP contribution is 2.24. The van der Waals surface area contributed by atoms with E-state index in [0.29, 0.717) is 11.4 Å². The molecule has 154 valence electrons. The first-order chi connectivity index (χ1) is 14.5. The Morgan fingerprint density at radius 1 is 0.833 bits per heavy atom. The van der Waals surface area contributed by atoms with E-state index in [1.165, 1.54) is 6.92 Å². The summed E-state index contributed by atoms with van der Waals surface area (Å²) < 4.78 is 10.8. The summed E-state index contributed by atoms with van der Waals surface area (Å²) in [5, 5.41) is 5.72. The smallest absolute Gasteiger partial charge is 0.258 e. The minimum absolute atomic E-state index is 0.126. The topological polar surface area (TPSA) is 76.7 Å². The van der Waals surface area contributed by atoms with E-state index < -0.39 is 0 Å². The largest absolute Gasteiger partial charge is 0.497 e. The van der Waals surface area contributed by atoms with Gasteiger partial charge < -0.3 is 20.1 Å². The number of anilines is 1. The van der Waals surface area contributed by atoms with Gasteiger partial charge >= 0.3 is 0 Å². The van der Waals surface area contributed by atoms with Crippen molar-refractivity contribution < 1.29 is 19.1 Å². The number of hydrogen-bond donors (Lipinski definition) is 2. The van der Waals surface area contributed by atoms with Crippen molar-refractivity contribution in [3.05, 3.63) is 90.0 Å². The lowest BCUT2D eigenvalue weighted by molar-refractivity contribution is -0.123. The number of carbonyl (C=O) groups is 2. The van der Waals surface area contributed by atoms with E-state index in [1.807, 2.05) is 54.6 Å². The fraction of sp³-hybridized carbons (Fsp3) is 0.167. The van der Waals surface area contributed by atoms with Crippen LogP contribution in [0.15, 0.2) is 78.9 Å². The fourth-order valence-corrected chi connectivity index (χ4v) is 2.99. The van der Waals surface area contributed by atoms with Crippen molar-refractivity contribution in [1.29, 1.82) is 0 Å². The molecule has 2 amide bonds. The van der Waals surface area contributed by atoms with E-state index in [4.69, 9.17) is 9.47 Å². The second-order valence-corrected chi connectivity index (χ2v) is 6.68. The third-order valence-electron chi connectivity index (χ3n) is 4.43. The summed E-state index contributed by atoms with van der Waals surface area (Å²) in [7, 11) is 1.62. The van der Waals surface area contributed by atoms with Crippen LogP contribution in [0.2, 0.25) is 0 Å². The van der Waals surface area contributed by atoms with Crippen LogP contribution in [-0.2, 0) is 9.59 Å². The van der Waals surface area contributed by atoms with Crippen molar-refractivity contribution in [3.8, 4) is 11.5 Å². The number of methoxy groups -OCH3 is 1. The number of carbonyl (C=O) groups excluding carboxylic acids is 2. The first-order valence-electron chi connectivity index (χ1n) is 9.54. The maximum absolute atomic E-state index is 12.6. The molecule has 0 heterocycles. The molecule has 2 N–H and O–H groups in total. The molecular weight excluding hydrogens is 380 g/mol. The Morgan fingerprint density at radius 3 is 2.03 bits per heavy atom. The summed E-state index contributed by atoms with van der Waals surface area (Å²) in [6.07, 6.45) is 0. The standard InChI is InChI=1S/C24H24N2O4/c1-17(27)25-20-10-14-22(15-11-20)30-16-23(28)26-24(18-6-4-3-5-7-18)19-8-12-21(29-2)13-9-19/h3-15,24H,16H2,1-2H3,(H,25,27)(H,26,28). The summed E-state index contributed by atoms with van der Waals surface area (Å²) in [6, 6.07) is 23.9. The molecule has 30 heavy (non-hydrogen) atoms. The van der Waals surface area contributed by atoms with Gasteiger partial charge in [0.05, 0.1) is 13.2 Å². The zero-order chi connectivity index (χ0) is 21.3. The Labute approximate surface area is 175 Å². The summed E-state index contributed by atoms with van der Waals surface area (Å²) in [5.74, 6) is 0.905. The SMILES string of the molecule is COc1ccc(C(NC(=O)COc2ccc(NC(C)=O)cc2)c2ccccc2)cc1. The van der Waals surface area contributed by atoms with Gasteiger partial charge in [0.2, 0.25) is 5.91 Å². The van der Waals surface area contributed by atoms with Gasteiger partial charge in [0.15, 0.2) is 6.61 Å². The van der Waals surface area contributed by atoms with E-state index in [-0.39, 0.29) is 24.5 Å².